The molecule has 0 spiro atoms. The van der Waals surface area contributed by atoms with Gasteiger partial charge in [-0.25, -0.2) is 4.57 Å². The minimum absolute atomic E-state index is 0.240. The average Bonchev–Trinajstić information content (AvgIpc) is 2.18. The van der Waals surface area contributed by atoms with E-state index in [9.17, 15) is 9.36 Å². The lowest BCUT2D eigenvalue weighted by atomic mass is 10.4. The summed E-state index contributed by atoms with van der Waals surface area (Å²) in [5.74, 6) is 0. The largest absolute Gasteiger partial charge is 0.413 e. The van der Waals surface area contributed by atoms with Gasteiger partial charge in [0.25, 0.3) is 0 Å². The van der Waals surface area contributed by atoms with Gasteiger partial charge in [-0.15, -0.1) is 0 Å². The van der Waals surface area contributed by atoms with Crippen LogP contribution < -0.4 is 5.32 Å². The van der Waals surface area contributed by atoms with Crippen LogP contribution >= 0.6 is 7.60 Å². The zero-order chi connectivity index (χ0) is 11.3. The molecule has 0 unspecified atom stereocenters. The highest BCUT2D eigenvalue weighted by Crippen LogP contribution is 2.34. The molecule has 1 aliphatic rings. The van der Waals surface area contributed by atoms with Crippen LogP contribution in [0.5, 0.6) is 0 Å². The molecule has 0 saturated carbocycles. The molecule has 1 saturated heterocycles. The number of amides is 1. The highest BCUT2D eigenvalue weighted by Gasteiger charge is 2.25. The minimum Gasteiger partial charge on any atom is -0.379 e. The first-order valence-electron chi connectivity index (χ1n) is 4.64. The number of carbonyl (C=O) groups is 1. The second kappa shape index (κ2) is 5.58. The Bertz CT molecular complexity index is 260. The van der Waals surface area contributed by atoms with Gasteiger partial charge < -0.3 is 19.8 Å². The van der Waals surface area contributed by atoms with Gasteiger partial charge in [0.05, 0.1) is 13.2 Å². The molecule has 0 aromatic carbocycles. The van der Waals surface area contributed by atoms with E-state index in [4.69, 9.17) is 14.5 Å². The molecule has 0 bridgehead atoms. The Labute approximate surface area is 87.6 Å². The van der Waals surface area contributed by atoms with Gasteiger partial charge in [-0.1, -0.05) is 0 Å². The standard InChI is InChI=1S/C7H15N2O5P/c10-7(15(11,12)13)8-1-2-9-3-5-14-6-4-9/h1-6H2,(H,8,10)(H2,11,12,13). The molecule has 7 nitrogen and oxygen atoms in total. The number of morpholine rings is 1. The molecule has 1 fully saturated rings. The maximum absolute atomic E-state index is 10.8. The fraction of sp³-hybridized carbons (Fsp3) is 0.857. The zero-order valence-corrected chi connectivity index (χ0v) is 9.15. The van der Waals surface area contributed by atoms with Crippen LogP contribution in [0.3, 0.4) is 0 Å². The van der Waals surface area contributed by atoms with E-state index < -0.39 is 13.2 Å². The second-order valence-corrected chi connectivity index (χ2v) is 4.72. The quantitative estimate of drug-likeness (QED) is 0.555. The maximum atomic E-state index is 10.8. The van der Waals surface area contributed by atoms with E-state index in [1.54, 1.807) is 0 Å². The highest BCUT2D eigenvalue weighted by molar-refractivity contribution is 7.69. The second-order valence-electron chi connectivity index (χ2n) is 3.23. The minimum atomic E-state index is -4.62. The number of carbonyl (C=O) groups excluding carboxylic acids is 1. The third-order valence-electron chi connectivity index (χ3n) is 2.07. The van der Waals surface area contributed by atoms with E-state index in [-0.39, 0.29) is 6.54 Å². The van der Waals surface area contributed by atoms with Crippen molar-refractivity contribution in [3.63, 3.8) is 0 Å². The Morgan fingerprint density at radius 1 is 1.40 bits per heavy atom. The van der Waals surface area contributed by atoms with Crippen LogP contribution in [0.25, 0.3) is 0 Å². The van der Waals surface area contributed by atoms with Crippen LogP contribution in [-0.4, -0.2) is 59.7 Å². The van der Waals surface area contributed by atoms with E-state index in [1.165, 1.54) is 0 Å². The van der Waals surface area contributed by atoms with Crippen LogP contribution in [0.2, 0.25) is 0 Å². The first kappa shape index (κ1) is 12.6. The monoisotopic (exact) mass is 238 g/mol. The first-order chi connectivity index (χ1) is 7.00. The van der Waals surface area contributed by atoms with Gasteiger partial charge in [-0.3, -0.25) is 9.69 Å². The summed E-state index contributed by atoms with van der Waals surface area (Å²) in [6, 6.07) is 0. The predicted molar refractivity (Wildman–Crippen MR) is 52.7 cm³/mol. The van der Waals surface area contributed by atoms with Gasteiger partial charge in [-0.2, -0.15) is 0 Å². The van der Waals surface area contributed by atoms with Crippen molar-refractivity contribution < 1.29 is 23.9 Å². The molecule has 15 heavy (non-hydrogen) atoms. The molecule has 0 aliphatic carbocycles. The van der Waals surface area contributed by atoms with Gasteiger partial charge in [0.2, 0.25) is 0 Å². The lowest BCUT2D eigenvalue weighted by Crippen LogP contribution is -2.41. The highest BCUT2D eigenvalue weighted by atomic mass is 31.2. The van der Waals surface area contributed by atoms with Gasteiger partial charge in [0.1, 0.15) is 0 Å². The van der Waals surface area contributed by atoms with E-state index >= 15 is 0 Å². The Kier molecular flexibility index (Phi) is 4.69. The zero-order valence-electron chi connectivity index (χ0n) is 8.26. The van der Waals surface area contributed by atoms with Gasteiger partial charge in [-0.05, 0) is 0 Å². The molecule has 1 heterocycles. The lowest BCUT2D eigenvalue weighted by molar-refractivity contribution is 0.0388. The number of ether oxygens (including phenoxy) is 1. The molecule has 1 aliphatic heterocycles. The maximum Gasteiger partial charge on any atom is 0.413 e. The van der Waals surface area contributed by atoms with Crippen molar-refractivity contribution in [2.75, 3.05) is 39.4 Å². The van der Waals surface area contributed by atoms with Crippen LogP contribution in [-0.2, 0) is 9.30 Å². The molecule has 88 valence electrons. The fourth-order valence-corrected chi connectivity index (χ4v) is 1.57. The third-order valence-corrected chi connectivity index (χ3v) is 2.76. The SMILES string of the molecule is O=C(NCCN1CCOCC1)P(=O)(O)O. The van der Waals surface area contributed by atoms with Gasteiger partial charge in [0, 0.05) is 26.2 Å². The van der Waals surface area contributed by atoms with E-state index in [1.807, 2.05) is 0 Å². The average molecular weight is 238 g/mol. The summed E-state index contributed by atoms with van der Waals surface area (Å²) in [7, 11) is -4.62. The Hall–Kier alpha value is -0.460. The molecular formula is C7H15N2O5P. The molecule has 0 radical (unpaired) electrons. The number of rotatable bonds is 4. The van der Waals surface area contributed by atoms with Crippen molar-refractivity contribution >= 4 is 13.2 Å². The Morgan fingerprint density at radius 2 is 2.00 bits per heavy atom. The first-order valence-corrected chi connectivity index (χ1v) is 6.25. The number of hydrogen-bond donors (Lipinski definition) is 3. The van der Waals surface area contributed by atoms with E-state index in [0.717, 1.165) is 13.1 Å². The smallest absolute Gasteiger partial charge is 0.379 e. The fourth-order valence-electron chi connectivity index (χ4n) is 1.25. The number of nitrogens with zero attached hydrogens (tertiary/aromatic N) is 1. The molecule has 0 aromatic rings. The van der Waals surface area contributed by atoms with Crippen LogP contribution in [0.1, 0.15) is 0 Å². The summed E-state index contributed by atoms with van der Waals surface area (Å²) in [6.07, 6.45) is 0. The topological polar surface area (TPSA) is 99.1 Å². The molecule has 0 aromatic heterocycles. The molecule has 8 heteroatoms. The van der Waals surface area contributed by atoms with Crippen LogP contribution in [0, 0.1) is 0 Å². The van der Waals surface area contributed by atoms with Crippen LogP contribution in [0.4, 0.5) is 4.79 Å². The van der Waals surface area contributed by atoms with Crippen molar-refractivity contribution in [3.05, 3.63) is 0 Å². The Morgan fingerprint density at radius 3 is 2.53 bits per heavy atom. The predicted octanol–water partition coefficient (Wildman–Crippen LogP) is -0.794. The van der Waals surface area contributed by atoms with Crippen molar-refractivity contribution in [1.82, 2.24) is 10.2 Å². The van der Waals surface area contributed by atoms with Crippen molar-refractivity contribution in [2.24, 2.45) is 0 Å². The van der Waals surface area contributed by atoms with Gasteiger partial charge >= 0.3 is 13.2 Å². The van der Waals surface area contributed by atoms with Crippen LogP contribution in [0.15, 0.2) is 0 Å². The summed E-state index contributed by atoms with van der Waals surface area (Å²) in [5.41, 5.74) is -1.21. The number of nitrogens with one attached hydrogen (secondary N) is 1. The van der Waals surface area contributed by atoms with Gasteiger partial charge in [0.15, 0.2) is 0 Å². The number of hydrogen-bond acceptors (Lipinski definition) is 4. The molecule has 1 rings (SSSR count). The third kappa shape index (κ3) is 4.72. The molecule has 3 N–H and O–H groups in total. The molecular weight excluding hydrogens is 223 g/mol. The summed E-state index contributed by atoms with van der Waals surface area (Å²) in [4.78, 5) is 29.8. The summed E-state index contributed by atoms with van der Waals surface area (Å²) < 4.78 is 15.6. The van der Waals surface area contributed by atoms with E-state index in [0.29, 0.717) is 19.8 Å². The summed E-state index contributed by atoms with van der Waals surface area (Å²) in [5, 5.41) is 2.19. The molecule has 0 atom stereocenters. The Balaban J connectivity index is 2.15. The lowest BCUT2D eigenvalue weighted by Gasteiger charge is -2.26. The van der Waals surface area contributed by atoms with E-state index in [2.05, 4.69) is 10.2 Å². The van der Waals surface area contributed by atoms with Crippen molar-refractivity contribution in [2.45, 2.75) is 0 Å². The summed E-state index contributed by atoms with van der Waals surface area (Å²) in [6.45, 7) is 3.70. The normalized spacial score (nSPS) is 18.8. The summed E-state index contributed by atoms with van der Waals surface area (Å²) >= 11 is 0. The van der Waals surface area contributed by atoms with Crippen molar-refractivity contribution in [1.29, 1.82) is 0 Å². The van der Waals surface area contributed by atoms with Crippen molar-refractivity contribution in [3.8, 4) is 0 Å². The molecule has 1 amide bonds.